The van der Waals surface area contributed by atoms with E-state index in [-0.39, 0.29) is 30.1 Å². The molecule has 9 nitrogen and oxygen atoms in total. The summed E-state index contributed by atoms with van der Waals surface area (Å²) in [6.07, 6.45) is 0.528. The van der Waals surface area contributed by atoms with Crippen molar-refractivity contribution in [2.75, 3.05) is 59.0 Å². The molecule has 5 rings (SSSR count). The van der Waals surface area contributed by atoms with Gasteiger partial charge in [0, 0.05) is 39.3 Å². The predicted molar refractivity (Wildman–Crippen MR) is 148 cm³/mol. The van der Waals surface area contributed by atoms with Crippen LogP contribution in [0.2, 0.25) is 0 Å². The number of hydrogen-bond donors (Lipinski definition) is 0. The average molecular weight is 588 g/mol. The molecule has 0 aliphatic carbocycles. The Morgan fingerprint density at radius 1 is 0.780 bits per heavy atom. The number of ether oxygens (including phenoxy) is 3. The van der Waals surface area contributed by atoms with Crippen LogP contribution in [0.5, 0.6) is 17.2 Å². The van der Waals surface area contributed by atoms with E-state index in [1.165, 1.54) is 29.5 Å². The highest BCUT2D eigenvalue weighted by molar-refractivity contribution is 7.89. The summed E-state index contributed by atoms with van der Waals surface area (Å²) < 4.78 is 73.1. The number of halogens is 2. The number of piperazine rings is 1. The van der Waals surface area contributed by atoms with Crippen molar-refractivity contribution < 1.29 is 36.2 Å². The van der Waals surface area contributed by atoms with E-state index in [0.29, 0.717) is 49.0 Å². The molecule has 0 atom stereocenters. The summed E-state index contributed by atoms with van der Waals surface area (Å²) in [6.45, 7) is 1.68. The fourth-order valence-corrected chi connectivity index (χ4v) is 6.71. The lowest BCUT2D eigenvalue weighted by molar-refractivity contribution is 0.0741. The summed E-state index contributed by atoms with van der Waals surface area (Å²) in [5.41, 5.74) is 2.11. The summed E-state index contributed by atoms with van der Waals surface area (Å²) in [4.78, 5) is 16.3. The standard InChI is InChI=1S/C29H31F2N3O6S/c1-38-26-7-5-22(41(36,37)34-9-8-19-14-27(39-2)28(40-3)15-20(19)18-34)17-25(26)32-10-12-33(13-11-32)29(35)23-16-21(30)4-6-24(23)31/h4-7,14-17H,8-13,18H2,1-3H3. The van der Waals surface area contributed by atoms with Crippen molar-refractivity contribution >= 4 is 21.6 Å². The van der Waals surface area contributed by atoms with Gasteiger partial charge >= 0.3 is 0 Å². The van der Waals surface area contributed by atoms with E-state index in [9.17, 15) is 22.0 Å². The highest BCUT2D eigenvalue weighted by Crippen LogP contribution is 2.37. The number of fused-ring (bicyclic) bond motifs is 1. The minimum Gasteiger partial charge on any atom is -0.495 e. The molecule has 0 aromatic heterocycles. The Kier molecular flexibility index (Phi) is 8.05. The number of sulfonamides is 1. The summed E-state index contributed by atoms with van der Waals surface area (Å²) in [6, 6.07) is 11.2. The SMILES string of the molecule is COc1cc2c(cc1OC)CN(S(=O)(=O)c1ccc(OC)c(N3CCN(C(=O)c4cc(F)ccc4F)CC3)c1)CC2. The van der Waals surface area contributed by atoms with Crippen LogP contribution in [-0.4, -0.2) is 77.6 Å². The Bertz CT molecular complexity index is 1570. The minimum absolute atomic E-state index is 0.123. The third-order valence-corrected chi connectivity index (χ3v) is 9.38. The van der Waals surface area contributed by atoms with Crippen LogP contribution in [0.25, 0.3) is 0 Å². The predicted octanol–water partition coefficient (Wildman–Crippen LogP) is 3.70. The fraction of sp³-hybridized carbons (Fsp3) is 0.345. The maximum atomic E-state index is 14.2. The Balaban J connectivity index is 1.35. The van der Waals surface area contributed by atoms with Crippen molar-refractivity contribution in [1.82, 2.24) is 9.21 Å². The van der Waals surface area contributed by atoms with Gasteiger partial charge in [-0.05, 0) is 66.1 Å². The van der Waals surface area contributed by atoms with Crippen molar-refractivity contribution in [2.45, 2.75) is 17.9 Å². The molecule has 41 heavy (non-hydrogen) atoms. The molecule has 0 saturated carbocycles. The number of hydrogen-bond acceptors (Lipinski definition) is 7. The van der Waals surface area contributed by atoms with Crippen LogP contribution < -0.4 is 19.1 Å². The number of carbonyl (C=O) groups is 1. The Morgan fingerprint density at radius 3 is 2.10 bits per heavy atom. The van der Waals surface area contributed by atoms with Crippen molar-refractivity contribution in [1.29, 1.82) is 0 Å². The normalized spacial score (nSPS) is 15.8. The smallest absolute Gasteiger partial charge is 0.257 e. The number of anilines is 1. The number of methoxy groups -OCH3 is 3. The third kappa shape index (κ3) is 5.53. The molecular formula is C29H31F2N3O6S. The molecule has 0 N–H and O–H groups in total. The molecule has 2 aliphatic rings. The van der Waals surface area contributed by atoms with E-state index in [0.717, 1.165) is 29.3 Å². The number of rotatable bonds is 7. The highest BCUT2D eigenvalue weighted by atomic mass is 32.2. The Labute approximate surface area is 237 Å². The van der Waals surface area contributed by atoms with Crippen molar-refractivity contribution in [2.24, 2.45) is 0 Å². The second-order valence-corrected chi connectivity index (χ2v) is 11.7. The third-order valence-electron chi connectivity index (χ3n) is 7.54. The lowest BCUT2D eigenvalue weighted by Crippen LogP contribution is -2.49. The Morgan fingerprint density at radius 2 is 1.44 bits per heavy atom. The zero-order valence-corrected chi connectivity index (χ0v) is 23.8. The van der Waals surface area contributed by atoms with Crippen molar-refractivity contribution in [3.63, 3.8) is 0 Å². The lowest BCUT2D eigenvalue weighted by Gasteiger charge is -2.37. The van der Waals surface area contributed by atoms with Gasteiger partial charge < -0.3 is 24.0 Å². The van der Waals surface area contributed by atoms with Gasteiger partial charge in [-0.3, -0.25) is 4.79 Å². The first kappa shape index (κ1) is 28.6. The van der Waals surface area contributed by atoms with E-state index in [4.69, 9.17) is 14.2 Å². The topological polar surface area (TPSA) is 88.6 Å². The number of nitrogens with zero attached hydrogens (tertiary/aromatic N) is 3. The van der Waals surface area contributed by atoms with Crippen LogP contribution >= 0.6 is 0 Å². The molecule has 0 spiro atoms. The monoisotopic (exact) mass is 587 g/mol. The van der Waals surface area contributed by atoms with E-state index >= 15 is 0 Å². The fourth-order valence-electron chi connectivity index (χ4n) is 5.27. The van der Waals surface area contributed by atoms with Crippen LogP contribution in [0.4, 0.5) is 14.5 Å². The molecule has 1 fully saturated rings. The number of carbonyl (C=O) groups excluding carboxylic acids is 1. The van der Waals surface area contributed by atoms with Gasteiger partial charge in [0.15, 0.2) is 11.5 Å². The molecule has 0 radical (unpaired) electrons. The maximum Gasteiger partial charge on any atom is 0.257 e. The second kappa shape index (κ2) is 11.5. The van der Waals surface area contributed by atoms with E-state index in [1.807, 2.05) is 17.0 Å². The van der Waals surface area contributed by atoms with Crippen molar-refractivity contribution in [3.8, 4) is 17.2 Å². The lowest BCUT2D eigenvalue weighted by atomic mass is 10.0. The molecule has 1 amide bonds. The Hall–Kier alpha value is -3.90. The minimum atomic E-state index is -3.86. The average Bonchev–Trinajstić information content (AvgIpc) is 3.00. The van der Waals surface area contributed by atoms with E-state index in [2.05, 4.69) is 0 Å². The molecular weight excluding hydrogens is 556 g/mol. The molecule has 218 valence electrons. The molecule has 2 aliphatic heterocycles. The summed E-state index contributed by atoms with van der Waals surface area (Å²) in [5.74, 6) is -0.436. The van der Waals surface area contributed by atoms with Gasteiger partial charge in [0.05, 0.1) is 37.5 Å². The van der Waals surface area contributed by atoms with Crippen molar-refractivity contribution in [3.05, 3.63) is 76.9 Å². The molecule has 0 bridgehead atoms. The van der Waals surface area contributed by atoms with Gasteiger partial charge in [-0.2, -0.15) is 4.31 Å². The van der Waals surface area contributed by atoms with Crippen LogP contribution in [0.1, 0.15) is 21.5 Å². The van der Waals surface area contributed by atoms with Crippen LogP contribution in [0.15, 0.2) is 53.4 Å². The maximum absolute atomic E-state index is 14.2. The first-order valence-corrected chi connectivity index (χ1v) is 14.5. The van der Waals surface area contributed by atoms with Crippen LogP contribution in [0, 0.1) is 11.6 Å². The molecule has 1 saturated heterocycles. The van der Waals surface area contributed by atoms with Crippen LogP contribution in [0.3, 0.4) is 0 Å². The van der Waals surface area contributed by atoms with E-state index in [1.54, 1.807) is 19.2 Å². The summed E-state index contributed by atoms with van der Waals surface area (Å²) >= 11 is 0. The summed E-state index contributed by atoms with van der Waals surface area (Å²) in [7, 11) is 0.745. The zero-order chi connectivity index (χ0) is 29.3. The summed E-state index contributed by atoms with van der Waals surface area (Å²) in [5, 5.41) is 0. The molecule has 3 aromatic rings. The number of benzene rings is 3. The molecule has 2 heterocycles. The first-order valence-electron chi connectivity index (χ1n) is 13.1. The molecule has 12 heteroatoms. The zero-order valence-electron chi connectivity index (χ0n) is 23.0. The molecule has 3 aromatic carbocycles. The van der Waals surface area contributed by atoms with Gasteiger partial charge in [0.25, 0.3) is 5.91 Å². The number of amides is 1. The van der Waals surface area contributed by atoms with Gasteiger partial charge in [0.2, 0.25) is 10.0 Å². The quantitative estimate of drug-likeness (QED) is 0.417. The van der Waals surface area contributed by atoms with Gasteiger partial charge in [-0.25, -0.2) is 17.2 Å². The van der Waals surface area contributed by atoms with Gasteiger partial charge in [0.1, 0.15) is 17.4 Å². The van der Waals surface area contributed by atoms with E-state index < -0.39 is 27.6 Å². The van der Waals surface area contributed by atoms with Gasteiger partial charge in [-0.15, -0.1) is 0 Å². The molecule has 0 unspecified atom stereocenters. The highest BCUT2D eigenvalue weighted by Gasteiger charge is 2.31. The first-order chi connectivity index (χ1) is 19.7. The van der Waals surface area contributed by atoms with Crippen LogP contribution in [-0.2, 0) is 23.0 Å². The second-order valence-electron chi connectivity index (χ2n) is 9.80. The largest absolute Gasteiger partial charge is 0.495 e. The van der Waals surface area contributed by atoms with Gasteiger partial charge in [-0.1, -0.05) is 0 Å².